The molecule has 196 valence electrons. The van der Waals surface area contributed by atoms with E-state index in [1.807, 2.05) is 0 Å². The van der Waals surface area contributed by atoms with E-state index in [0.29, 0.717) is 0 Å². The van der Waals surface area contributed by atoms with Gasteiger partial charge in [0.25, 0.3) is 0 Å². The molecule has 1 nitrogen and oxygen atoms in total. The summed E-state index contributed by atoms with van der Waals surface area (Å²) in [6.45, 7) is 2.31. The van der Waals surface area contributed by atoms with Crippen molar-refractivity contribution in [3.8, 4) is 0 Å². The molecule has 1 atom stereocenters. The molecule has 5 aromatic rings. The van der Waals surface area contributed by atoms with Crippen molar-refractivity contribution in [2.24, 2.45) is 0 Å². The number of hydrogen-bond acceptors (Lipinski definition) is 3. The van der Waals surface area contributed by atoms with Crippen LogP contribution in [0.3, 0.4) is 0 Å². The summed E-state index contributed by atoms with van der Waals surface area (Å²) in [7, 11) is 0. The van der Waals surface area contributed by atoms with Gasteiger partial charge in [0.1, 0.15) is 0 Å². The minimum absolute atomic E-state index is 0.149. The molecule has 0 aliphatic rings. The molecule has 0 unspecified atom stereocenters. The standard InChI is InChI=1S/C34H33NP2S2/c1-29(30-17-7-2-8-18-30)35(27-36(38,31-19-9-3-10-20-31)32-21-11-4-12-22-32)28-37(39,33-23-13-5-14-24-33)34-25-15-6-16-26-34/h2-26,29H,27-28H2,1H3/t29-/m0/s1. The Hall–Kier alpha value is -2.64. The van der Waals surface area contributed by atoms with Crippen molar-refractivity contribution < 1.29 is 0 Å². The largest absolute Gasteiger partial charge is 0.286 e. The molecule has 0 aromatic heterocycles. The number of hydrogen-bond donors (Lipinski definition) is 0. The van der Waals surface area contributed by atoms with Crippen molar-refractivity contribution in [2.45, 2.75) is 13.0 Å². The van der Waals surface area contributed by atoms with E-state index in [1.54, 1.807) is 0 Å². The van der Waals surface area contributed by atoms with E-state index in [9.17, 15) is 0 Å². The van der Waals surface area contributed by atoms with Crippen LogP contribution in [0.5, 0.6) is 0 Å². The fourth-order valence-corrected chi connectivity index (χ4v) is 13.1. The van der Waals surface area contributed by atoms with Gasteiger partial charge in [-0.15, -0.1) is 0 Å². The van der Waals surface area contributed by atoms with Crippen LogP contribution >= 0.6 is 12.1 Å². The quantitative estimate of drug-likeness (QED) is 0.160. The Balaban J connectivity index is 1.66. The van der Waals surface area contributed by atoms with E-state index in [4.69, 9.17) is 23.6 Å². The molecule has 0 radical (unpaired) electrons. The molecule has 39 heavy (non-hydrogen) atoms. The predicted octanol–water partition coefficient (Wildman–Crippen LogP) is 7.23. The molecule has 0 spiro atoms. The van der Waals surface area contributed by atoms with Crippen LogP contribution in [0.1, 0.15) is 18.5 Å². The summed E-state index contributed by atoms with van der Waals surface area (Å²) in [5.74, 6) is 0. The van der Waals surface area contributed by atoms with Gasteiger partial charge in [0.15, 0.2) is 0 Å². The lowest BCUT2D eigenvalue weighted by Gasteiger charge is -2.39. The third-order valence-corrected chi connectivity index (χ3v) is 16.6. The molecule has 0 saturated heterocycles. The zero-order valence-corrected chi connectivity index (χ0v) is 25.5. The summed E-state index contributed by atoms with van der Waals surface area (Å²) in [6, 6.07) is 49.4. The molecular weight excluding hydrogens is 548 g/mol. The second kappa shape index (κ2) is 12.7. The average molecular weight is 582 g/mol. The van der Waals surface area contributed by atoms with Gasteiger partial charge in [-0.05, 0) is 33.7 Å². The highest BCUT2D eigenvalue weighted by Crippen LogP contribution is 2.51. The first-order chi connectivity index (χ1) is 19.0. The van der Waals surface area contributed by atoms with Crippen molar-refractivity contribution in [2.75, 3.05) is 12.6 Å². The topological polar surface area (TPSA) is 3.24 Å². The van der Waals surface area contributed by atoms with Gasteiger partial charge >= 0.3 is 0 Å². The number of rotatable bonds is 10. The molecule has 0 N–H and O–H groups in total. The molecule has 0 amide bonds. The Morgan fingerprint density at radius 2 is 0.718 bits per heavy atom. The Morgan fingerprint density at radius 1 is 0.462 bits per heavy atom. The first kappa shape index (κ1) is 27.9. The van der Waals surface area contributed by atoms with Gasteiger partial charge in [-0.1, -0.05) is 175 Å². The highest BCUT2D eigenvalue weighted by Gasteiger charge is 2.33. The van der Waals surface area contributed by atoms with Crippen molar-refractivity contribution in [1.82, 2.24) is 4.90 Å². The lowest BCUT2D eigenvalue weighted by atomic mass is 10.1. The van der Waals surface area contributed by atoms with Gasteiger partial charge < -0.3 is 0 Å². The van der Waals surface area contributed by atoms with Crippen molar-refractivity contribution in [1.29, 1.82) is 0 Å². The second-order valence-electron chi connectivity index (χ2n) is 9.78. The number of nitrogens with zero attached hydrogens (tertiary/aromatic N) is 1. The fourth-order valence-electron chi connectivity index (χ4n) is 5.04. The molecule has 0 saturated carbocycles. The van der Waals surface area contributed by atoms with Crippen LogP contribution in [0, 0.1) is 0 Å². The maximum absolute atomic E-state index is 6.75. The van der Waals surface area contributed by atoms with Gasteiger partial charge in [-0.3, -0.25) is 4.90 Å². The minimum atomic E-state index is -2.19. The third kappa shape index (κ3) is 6.25. The molecule has 5 aromatic carbocycles. The van der Waals surface area contributed by atoms with E-state index in [2.05, 4.69) is 163 Å². The SMILES string of the molecule is C[C@@H](c1ccccc1)N(CP(=S)(c1ccccc1)c1ccccc1)CP(=S)(c1ccccc1)c1ccccc1. The molecule has 0 aliphatic carbocycles. The third-order valence-electron chi connectivity index (χ3n) is 7.28. The highest BCUT2D eigenvalue weighted by atomic mass is 32.4. The van der Waals surface area contributed by atoms with Gasteiger partial charge in [-0.2, -0.15) is 0 Å². The zero-order valence-electron chi connectivity index (χ0n) is 22.1. The summed E-state index contributed by atoms with van der Waals surface area (Å²) >= 11 is 13.5. The van der Waals surface area contributed by atoms with E-state index >= 15 is 0 Å². The van der Waals surface area contributed by atoms with Gasteiger partial charge in [0.2, 0.25) is 0 Å². The smallest absolute Gasteiger partial charge is 0.0361 e. The minimum Gasteiger partial charge on any atom is -0.286 e. The molecule has 0 heterocycles. The van der Waals surface area contributed by atoms with Crippen LogP contribution < -0.4 is 21.2 Å². The van der Waals surface area contributed by atoms with Crippen molar-refractivity contribution in [3.05, 3.63) is 157 Å². The number of benzene rings is 5. The van der Waals surface area contributed by atoms with E-state index < -0.39 is 12.1 Å². The molecule has 0 bridgehead atoms. The summed E-state index contributed by atoms with van der Waals surface area (Å²) in [5, 5.41) is 4.96. The van der Waals surface area contributed by atoms with E-state index in [1.165, 1.54) is 26.8 Å². The van der Waals surface area contributed by atoms with Crippen LogP contribution in [0.15, 0.2) is 152 Å². The highest BCUT2D eigenvalue weighted by molar-refractivity contribution is 8.22. The van der Waals surface area contributed by atoms with E-state index in [-0.39, 0.29) is 6.04 Å². The molecule has 0 aliphatic heterocycles. The predicted molar refractivity (Wildman–Crippen MR) is 179 cm³/mol. The van der Waals surface area contributed by atoms with Gasteiger partial charge in [-0.25, -0.2) is 0 Å². The average Bonchev–Trinajstić information content (AvgIpc) is 3.02. The molecular formula is C34H33NP2S2. The zero-order chi connectivity index (χ0) is 27.1. The molecule has 5 heteroatoms. The maximum Gasteiger partial charge on any atom is 0.0361 e. The fraction of sp³-hybridized carbons (Fsp3) is 0.118. The van der Waals surface area contributed by atoms with Crippen molar-refractivity contribution in [3.63, 3.8) is 0 Å². The summed E-state index contributed by atoms with van der Waals surface area (Å²) in [6.07, 6.45) is 1.54. The van der Waals surface area contributed by atoms with Crippen LogP contribution in [0.4, 0.5) is 0 Å². The van der Waals surface area contributed by atoms with Crippen LogP contribution in [0.25, 0.3) is 0 Å². The molecule has 0 fully saturated rings. The Labute approximate surface area is 243 Å². The monoisotopic (exact) mass is 581 g/mol. The molecule has 5 rings (SSSR count). The first-order valence-corrected chi connectivity index (χ1v) is 19.2. The Morgan fingerprint density at radius 3 is 1.00 bits per heavy atom. The van der Waals surface area contributed by atoms with Crippen molar-refractivity contribution >= 4 is 56.9 Å². The second-order valence-corrected chi connectivity index (χ2v) is 19.1. The summed E-state index contributed by atoms with van der Waals surface area (Å²) in [4.78, 5) is 2.59. The van der Waals surface area contributed by atoms with Crippen LogP contribution in [-0.4, -0.2) is 17.5 Å². The maximum atomic E-state index is 6.75. The van der Waals surface area contributed by atoms with Gasteiger partial charge in [0.05, 0.1) is 0 Å². The lowest BCUT2D eigenvalue weighted by molar-refractivity contribution is 0.291. The lowest BCUT2D eigenvalue weighted by Crippen LogP contribution is -2.36. The van der Waals surface area contributed by atoms with Crippen LogP contribution in [-0.2, 0) is 23.6 Å². The first-order valence-electron chi connectivity index (χ1n) is 13.2. The summed E-state index contributed by atoms with van der Waals surface area (Å²) in [5.41, 5.74) is 1.28. The summed E-state index contributed by atoms with van der Waals surface area (Å²) < 4.78 is 0. The Kier molecular flexibility index (Phi) is 9.08. The Bertz CT molecular complexity index is 1370. The van der Waals surface area contributed by atoms with Crippen LogP contribution in [0.2, 0.25) is 0 Å². The van der Waals surface area contributed by atoms with Gasteiger partial charge in [0, 0.05) is 30.7 Å². The normalized spacial score (nSPS) is 12.8. The van der Waals surface area contributed by atoms with E-state index in [0.717, 1.165) is 12.6 Å².